The molecule has 180 valence electrons. The second-order valence-electron chi connectivity index (χ2n) is 9.50. The van der Waals surface area contributed by atoms with Gasteiger partial charge in [-0.1, -0.05) is 6.07 Å². The predicted octanol–water partition coefficient (Wildman–Crippen LogP) is 2.68. The minimum atomic E-state index is -0.932. The summed E-state index contributed by atoms with van der Waals surface area (Å²) >= 11 is 0. The molecule has 8 nitrogen and oxygen atoms in total. The Morgan fingerprint density at radius 1 is 1.09 bits per heavy atom. The first-order chi connectivity index (χ1) is 15.9. The molecule has 2 aliphatic heterocycles. The van der Waals surface area contributed by atoms with Crippen molar-refractivity contribution in [3.05, 3.63) is 29.6 Å². The third-order valence-corrected chi connectivity index (χ3v) is 7.35. The molecular weight excluding hydrogens is 427 g/mol. The Labute approximate surface area is 193 Å². The van der Waals surface area contributed by atoms with E-state index in [-0.39, 0.29) is 30.1 Å². The van der Waals surface area contributed by atoms with Crippen LogP contribution in [0, 0.1) is 11.7 Å². The fourth-order valence-electron chi connectivity index (χ4n) is 5.36. The summed E-state index contributed by atoms with van der Waals surface area (Å²) < 4.78 is 14.9. The minimum absolute atomic E-state index is 0.0959. The van der Waals surface area contributed by atoms with Gasteiger partial charge in [-0.15, -0.1) is 0 Å². The van der Waals surface area contributed by atoms with Crippen molar-refractivity contribution in [2.24, 2.45) is 5.92 Å². The zero-order chi connectivity index (χ0) is 23.4. The van der Waals surface area contributed by atoms with Crippen LogP contribution < -0.4 is 15.5 Å². The number of piperidine rings is 1. The Morgan fingerprint density at radius 2 is 1.82 bits per heavy atom. The minimum Gasteiger partial charge on any atom is -0.465 e. The molecular formula is C24H33FN4O4. The lowest BCUT2D eigenvalue weighted by Gasteiger charge is -2.37. The van der Waals surface area contributed by atoms with E-state index in [0.717, 1.165) is 64.8 Å². The van der Waals surface area contributed by atoms with Gasteiger partial charge >= 0.3 is 6.09 Å². The number of hydrogen-bond acceptors (Lipinski definition) is 5. The number of carboxylic acid groups (broad SMARTS) is 1. The first kappa shape index (κ1) is 23.5. The number of hydrogen-bond donors (Lipinski definition) is 3. The van der Waals surface area contributed by atoms with Crippen LogP contribution >= 0.6 is 0 Å². The van der Waals surface area contributed by atoms with Crippen LogP contribution in [0.2, 0.25) is 0 Å². The number of piperazine rings is 1. The first-order valence-electron chi connectivity index (χ1n) is 12.0. The van der Waals surface area contributed by atoms with Crippen LogP contribution in [0.4, 0.5) is 14.9 Å². The van der Waals surface area contributed by atoms with E-state index >= 15 is 0 Å². The van der Waals surface area contributed by atoms with Crippen LogP contribution in [-0.2, 0) is 9.59 Å². The Balaban J connectivity index is 1.22. The number of amides is 3. The molecule has 4 rings (SSSR count). The van der Waals surface area contributed by atoms with E-state index in [2.05, 4.69) is 20.4 Å². The third kappa shape index (κ3) is 6.01. The van der Waals surface area contributed by atoms with Crippen LogP contribution in [-0.4, -0.2) is 66.7 Å². The lowest BCUT2D eigenvalue weighted by Crippen LogP contribution is -2.47. The Bertz CT molecular complexity index is 879. The van der Waals surface area contributed by atoms with Gasteiger partial charge in [0.2, 0.25) is 11.8 Å². The molecule has 0 aromatic heterocycles. The summed E-state index contributed by atoms with van der Waals surface area (Å²) in [4.78, 5) is 38.7. The summed E-state index contributed by atoms with van der Waals surface area (Å²) in [7, 11) is 0. The van der Waals surface area contributed by atoms with Crippen LogP contribution in [0.3, 0.4) is 0 Å². The molecule has 0 spiro atoms. The van der Waals surface area contributed by atoms with E-state index in [4.69, 9.17) is 5.11 Å². The van der Waals surface area contributed by atoms with Gasteiger partial charge in [-0.25, -0.2) is 9.18 Å². The second kappa shape index (κ2) is 10.5. The van der Waals surface area contributed by atoms with Crippen molar-refractivity contribution in [3.8, 4) is 0 Å². The van der Waals surface area contributed by atoms with Crippen LogP contribution in [0.15, 0.2) is 18.2 Å². The number of benzene rings is 1. The van der Waals surface area contributed by atoms with Gasteiger partial charge in [-0.2, -0.15) is 0 Å². The molecule has 3 N–H and O–H groups in total. The highest BCUT2D eigenvalue weighted by Crippen LogP contribution is 2.30. The Morgan fingerprint density at radius 3 is 2.45 bits per heavy atom. The van der Waals surface area contributed by atoms with Crippen molar-refractivity contribution in [1.82, 2.24) is 15.5 Å². The number of rotatable bonds is 6. The molecule has 1 aliphatic carbocycles. The quantitative estimate of drug-likeness (QED) is 0.564. The monoisotopic (exact) mass is 460 g/mol. The SMILES string of the molecule is O=C(O)NC1CCC(CCN2CCN(c3ccc(C4CCC(=O)NC4=O)cc3F)CC2)CC1. The Kier molecular flexibility index (Phi) is 7.47. The molecule has 2 heterocycles. The van der Waals surface area contributed by atoms with Gasteiger partial charge in [0, 0.05) is 38.6 Å². The van der Waals surface area contributed by atoms with E-state index in [1.54, 1.807) is 12.1 Å². The average Bonchev–Trinajstić information content (AvgIpc) is 2.79. The van der Waals surface area contributed by atoms with Gasteiger partial charge in [-0.05, 0) is 68.7 Å². The normalized spacial score (nSPS) is 26.7. The summed E-state index contributed by atoms with van der Waals surface area (Å²) in [6.07, 6.45) is 4.85. The number of nitrogens with one attached hydrogen (secondary N) is 2. The van der Waals surface area contributed by atoms with Gasteiger partial charge in [0.05, 0.1) is 11.6 Å². The van der Waals surface area contributed by atoms with Crippen molar-refractivity contribution in [1.29, 1.82) is 0 Å². The van der Waals surface area contributed by atoms with E-state index in [9.17, 15) is 18.8 Å². The lowest BCUT2D eigenvalue weighted by molar-refractivity contribution is -0.134. The maximum Gasteiger partial charge on any atom is 0.404 e. The van der Waals surface area contributed by atoms with Crippen LogP contribution in [0.25, 0.3) is 0 Å². The molecule has 3 aliphatic rings. The number of carbonyl (C=O) groups excluding carboxylic acids is 2. The molecule has 1 aromatic rings. The molecule has 0 bridgehead atoms. The fourth-order valence-corrected chi connectivity index (χ4v) is 5.36. The van der Waals surface area contributed by atoms with Gasteiger partial charge < -0.3 is 15.3 Å². The van der Waals surface area contributed by atoms with Crippen molar-refractivity contribution in [2.75, 3.05) is 37.6 Å². The lowest BCUT2D eigenvalue weighted by atomic mass is 9.84. The topological polar surface area (TPSA) is 102 Å². The van der Waals surface area contributed by atoms with E-state index in [0.29, 0.717) is 23.6 Å². The van der Waals surface area contributed by atoms with Crippen molar-refractivity contribution in [3.63, 3.8) is 0 Å². The number of nitrogens with zero attached hydrogens (tertiary/aromatic N) is 2. The molecule has 3 fully saturated rings. The molecule has 1 unspecified atom stereocenters. The van der Waals surface area contributed by atoms with Gasteiger partial charge in [-0.3, -0.25) is 19.8 Å². The average molecular weight is 461 g/mol. The van der Waals surface area contributed by atoms with E-state index in [1.165, 1.54) is 6.07 Å². The number of halogens is 1. The zero-order valence-corrected chi connectivity index (χ0v) is 18.9. The number of carbonyl (C=O) groups is 3. The summed E-state index contributed by atoms with van der Waals surface area (Å²) in [5.74, 6) is -0.768. The van der Waals surface area contributed by atoms with Crippen molar-refractivity contribution < 1.29 is 23.9 Å². The second-order valence-corrected chi connectivity index (χ2v) is 9.50. The summed E-state index contributed by atoms with van der Waals surface area (Å²) in [5, 5.41) is 13.8. The van der Waals surface area contributed by atoms with Crippen LogP contribution in [0.5, 0.6) is 0 Å². The van der Waals surface area contributed by atoms with Gasteiger partial charge in [0.1, 0.15) is 5.82 Å². The standard InChI is InChI=1S/C24H33FN4O4/c25-20-15-17(19-6-8-22(30)27-23(19)31)3-7-21(20)29-13-11-28(12-14-29)10-9-16-1-4-18(5-2-16)26-24(32)33/h3,7,15-16,18-19,26H,1-2,4-6,8-14H2,(H,32,33)(H,27,30,31). The molecule has 9 heteroatoms. The molecule has 1 saturated carbocycles. The first-order valence-corrected chi connectivity index (χ1v) is 12.0. The summed E-state index contributed by atoms with van der Waals surface area (Å²) in [5.41, 5.74) is 1.18. The number of anilines is 1. The molecule has 2 saturated heterocycles. The number of imide groups is 1. The van der Waals surface area contributed by atoms with E-state index < -0.39 is 12.0 Å². The summed E-state index contributed by atoms with van der Waals surface area (Å²) in [6, 6.07) is 5.10. The molecule has 1 aromatic carbocycles. The molecule has 33 heavy (non-hydrogen) atoms. The van der Waals surface area contributed by atoms with Crippen LogP contribution in [0.1, 0.15) is 56.4 Å². The highest BCUT2D eigenvalue weighted by atomic mass is 19.1. The third-order valence-electron chi connectivity index (χ3n) is 7.35. The largest absolute Gasteiger partial charge is 0.465 e. The van der Waals surface area contributed by atoms with Crippen molar-refractivity contribution >= 4 is 23.6 Å². The Hall–Kier alpha value is -2.68. The zero-order valence-electron chi connectivity index (χ0n) is 18.9. The fraction of sp³-hybridized carbons (Fsp3) is 0.625. The highest BCUT2D eigenvalue weighted by Gasteiger charge is 2.29. The maximum atomic E-state index is 14.9. The summed E-state index contributed by atoms with van der Waals surface area (Å²) in [6.45, 7) is 4.29. The predicted molar refractivity (Wildman–Crippen MR) is 122 cm³/mol. The van der Waals surface area contributed by atoms with Crippen molar-refractivity contribution in [2.45, 2.75) is 56.9 Å². The molecule has 1 atom stereocenters. The van der Waals surface area contributed by atoms with E-state index in [1.807, 2.05) is 0 Å². The highest BCUT2D eigenvalue weighted by molar-refractivity contribution is 6.00. The van der Waals surface area contributed by atoms with Gasteiger partial charge in [0.25, 0.3) is 0 Å². The maximum absolute atomic E-state index is 14.9. The van der Waals surface area contributed by atoms with Gasteiger partial charge in [0.15, 0.2) is 0 Å². The molecule has 3 amide bonds. The smallest absolute Gasteiger partial charge is 0.404 e. The molecule has 0 radical (unpaired) electrons.